The molecule has 0 saturated carbocycles. The number of aliphatic hydroxyl groups is 1. The topological polar surface area (TPSA) is 134 Å². The first kappa shape index (κ1) is 22.1. The van der Waals surface area contributed by atoms with Gasteiger partial charge in [-0.3, -0.25) is 4.79 Å². The predicted molar refractivity (Wildman–Crippen MR) is 130 cm³/mol. The molecular formula is C24H28N8O2. The highest BCUT2D eigenvalue weighted by molar-refractivity contribution is 5.90. The van der Waals surface area contributed by atoms with Gasteiger partial charge in [0.25, 0.3) is 5.56 Å². The molecule has 0 spiro atoms. The molecule has 0 unspecified atom stereocenters. The smallest absolute Gasteiger partial charge is 0.277 e. The Morgan fingerprint density at radius 3 is 2.47 bits per heavy atom. The van der Waals surface area contributed by atoms with Gasteiger partial charge in [-0.05, 0) is 55.9 Å². The molecule has 2 saturated heterocycles. The molecule has 2 aliphatic heterocycles. The Hall–Kier alpha value is -3.71. The summed E-state index contributed by atoms with van der Waals surface area (Å²) in [6.07, 6.45) is 5.30. The number of nitrogens with one attached hydrogen (secondary N) is 2. The van der Waals surface area contributed by atoms with Crippen LogP contribution in [0.1, 0.15) is 32.1 Å². The van der Waals surface area contributed by atoms with E-state index in [0.29, 0.717) is 35.0 Å². The molecule has 0 radical (unpaired) electrons. The minimum Gasteiger partial charge on any atom is -0.393 e. The molecule has 1 aromatic carbocycles. The second-order valence-corrected chi connectivity index (χ2v) is 9.01. The van der Waals surface area contributed by atoms with Crippen molar-refractivity contribution in [1.29, 1.82) is 5.26 Å². The largest absolute Gasteiger partial charge is 0.393 e. The van der Waals surface area contributed by atoms with Crippen molar-refractivity contribution in [2.45, 2.75) is 38.2 Å². The zero-order valence-corrected chi connectivity index (χ0v) is 18.9. The molecule has 0 amide bonds. The van der Waals surface area contributed by atoms with Crippen LogP contribution in [0.15, 0.2) is 35.3 Å². The van der Waals surface area contributed by atoms with Crippen molar-refractivity contribution in [2.24, 2.45) is 5.92 Å². The Labute approximate surface area is 197 Å². The summed E-state index contributed by atoms with van der Waals surface area (Å²) in [5.41, 5.74) is 2.06. The molecular weight excluding hydrogens is 432 g/mol. The molecule has 3 aromatic rings. The molecule has 4 heterocycles. The fourth-order valence-electron chi connectivity index (χ4n) is 4.71. The van der Waals surface area contributed by atoms with Gasteiger partial charge in [0.15, 0.2) is 0 Å². The van der Waals surface area contributed by atoms with Gasteiger partial charge in [0.2, 0.25) is 5.95 Å². The van der Waals surface area contributed by atoms with E-state index in [1.165, 1.54) is 0 Å². The number of fused-ring (bicyclic) bond motifs is 1. The standard InChI is InChI=1S/C24H28N8O2/c25-10-5-16-6-11-32(12-7-16)24-28-20-15-26-30-23(34)21(20)22(29-24)27-17-1-3-18(4-2-17)31-13-8-19(33)9-14-31/h1-4,15-16,19,33H,5-9,11-14H2,(H,30,34)(H,27,28,29). The minimum atomic E-state index is -0.345. The number of aliphatic hydroxyl groups excluding tert-OH is 1. The summed E-state index contributed by atoms with van der Waals surface area (Å²) >= 11 is 0. The molecule has 2 aromatic heterocycles. The summed E-state index contributed by atoms with van der Waals surface area (Å²) in [5.74, 6) is 1.41. The molecule has 176 valence electrons. The summed E-state index contributed by atoms with van der Waals surface area (Å²) in [4.78, 5) is 26.3. The van der Waals surface area contributed by atoms with E-state index in [0.717, 1.165) is 63.2 Å². The molecule has 34 heavy (non-hydrogen) atoms. The summed E-state index contributed by atoms with van der Waals surface area (Å²) in [6, 6.07) is 10.3. The number of hydrogen-bond acceptors (Lipinski definition) is 9. The second-order valence-electron chi connectivity index (χ2n) is 9.01. The van der Waals surface area contributed by atoms with Crippen LogP contribution >= 0.6 is 0 Å². The molecule has 3 N–H and O–H groups in total. The van der Waals surface area contributed by atoms with E-state index in [4.69, 9.17) is 10.2 Å². The van der Waals surface area contributed by atoms with Crippen molar-refractivity contribution in [3.8, 4) is 6.07 Å². The average molecular weight is 461 g/mol. The number of aromatic nitrogens is 4. The number of nitrogens with zero attached hydrogens (tertiary/aromatic N) is 6. The van der Waals surface area contributed by atoms with E-state index in [-0.39, 0.29) is 11.7 Å². The SMILES string of the molecule is N#CCC1CCN(c2nc(Nc3ccc(N4CCC(O)CC4)cc3)c3c(=O)[nH]ncc3n2)CC1. The zero-order valence-electron chi connectivity index (χ0n) is 18.9. The molecule has 2 fully saturated rings. The first-order valence-corrected chi connectivity index (χ1v) is 11.8. The Morgan fingerprint density at radius 1 is 1.06 bits per heavy atom. The predicted octanol–water partition coefficient (Wildman–Crippen LogP) is 2.55. The molecule has 10 heteroatoms. The van der Waals surface area contributed by atoms with Crippen molar-refractivity contribution < 1.29 is 5.11 Å². The number of benzene rings is 1. The van der Waals surface area contributed by atoms with Crippen LogP contribution in [0.5, 0.6) is 0 Å². The Balaban J connectivity index is 1.40. The number of anilines is 4. The van der Waals surface area contributed by atoms with Crippen LogP contribution < -0.4 is 20.7 Å². The number of nitriles is 1. The van der Waals surface area contributed by atoms with Crippen LogP contribution in [0, 0.1) is 17.2 Å². The van der Waals surface area contributed by atoms with E-state index in [2.05, 4.69) is 36.4 Å². The van der Waals surface area contributed by atoms with Gasteiger partial charge in [-0.15, -0.1) is 0 Å². The first-order valence-electron chi connectivity index (χ1n) is 11.8. The van der Waals surface area contributed by atoms with Crippen molar-refractivity contribution in [3.63, 3.8) is 0 Å². The normalized spacial score (nSPS) is 17.6. The zero-order chi connectivity index (χ0) is 23.5. The molecule has 10 nitrogen and oxygen atoms in total. The van der Waals surface area contributed by atoms with Gasteiger partial charge in [-0.25, -0.2) is 10.1 Å². The number of H-pyrrole nitrogens is 1. The number of piperidine rings is 2. The van der Waals surface area contributed by atoms with Gasteiger partial charge < -0.3 is 20.2 Å². The Kier molecular flexibility index (Phi) is 6.27. The lowest BCUT2D eigenvalue weighted by molar-refractivity contribution is 0.145. The van der Waals surface area contributed by atoms with Gasteiger partial charge in [0.1, 0.15) is 16.7 Å². The van der Waals surface area contributed by atoms with E-state index in [1.807, 2.05) is 24.3 Å². The van der Waals surface area contributed by atoms with Crippen LogP contribution in [0.2, 0.25) is 0 Å². The second kappa shape index (κ2) is 9.65. The Bertz CT molecular complexity index is 1240. The summed E-state index contributed by atoms with van der Waals surface area (Å²) < 4.78 is 0. The fraction of sp³-hybridized carbons (Fsp3) is 0.458. The van der Waals surface area contributed by atoms with Crippen LogP contribution in [0.3, 0.4) is 0 Å². The highest BCUT2D eigenvalue weighted by atomic mass is 16.3. The summed E-state index contributed by atoms with van der Waals surface area (Å²) in [5, 5.41) is 28.8. The van der Waals surface area contributed by atoms with Gasteiger partial charge in [-0.1, -0.05) is 0 Å². The third-order valence-corrected chi connectivity index (χ3v) is 6.74. The highest BCUT2D eigenvalue weighted by Crippen LogP contribution is 2.28. The van der Waals surface area contributed by atoms with Crippen LogP contribution in [0.25, 0.3) is 10.9 Å². The average Bonchev–Trinajstić information content (AvgIpc) is 2.86. The van der Waals surface area contributed by atoms with Crippen molar-refractivity contribution >= 4 is 34.0 Å². The number of aromatic amines is 1. The van der Waals surface area contributed by atoms with Crippen LogP contribution in [0.4, 0.5) is 23.1 Å². The van der Waals surface area contributed by atoms with Gasteiger partial charge >= 0.3 is 0 Å². The summed E-state index contributed by atoms with van der Waals surface area (Å²) in [6.45, 7) is 3.21. The van der Waals surface area contributed by atoms with Crippen molar-refractivity contribution in [1.82, 2.24) is 20.2 Å². The monoisotopic (exact) mass is 460 g/mol. The Morgan fingerprint density at radius 2 is 1.76 bits per heavy atom. The lowest BCUT2D eigenvalue weighted by atomic mass is 9.94. The number of rotatable bonds is 5. The van der Waals surface area contributed by atoms with Crippen molar-refractivity contribution in [2.75, 3.05) is 41.3 Å². The lowest BCUT2D eigenvalue weighted by Gasteiger charge is -2.31. The summed E-state index contributed by atoms with van der Waals surface area (Å²) in [7, 11) is 0. The first-order chi connectivity index (χ1) is 16.6. The van der Waals surface area contributed by atoms with Crippen molar-refractivity contribution in [3.05, 3.63) is 40.8 Å². The maximum Gasteiger partial charge on any atom is 0.277 e. The van der Waals surface area contributed by atoms with E-state index >= 15 is 0 Å². The lowest BCUT2D eigenvalue weighted by Crippen LogP contribution is -2.35. The number of hydrogen-bond donors (Lipinski definition) is 3. The fourth-order valence-corrected chi connectivity index (χ4v) is 4.71. The van der Waals surface area contributed by atoms with E-state index < -0.39 is 0 Å². The molecule has 5 rings (SSSR count). The molecule has 2 aliphatic rings. The van der Waals surface area contributed by atoms with Crippen LogP contribution in [-0.2, 0) is 0 Å². The highest BCUT2D eigenvalue weighted by Gasteiger charge is 2.23. The van der Waals surface area contributed by atoms with Crippen LogP contribution in [-0.4, -0.2) is 57.6 Å². The van der Waals surface area contributed by atoms with Gasteiger partial charge in [-0.2, -0.15) is 15.3 Å². The van der Waals surface area contributed by atoms with E-state index in [9.17, 15) is 9.90 Å². The quantitative estimate of drug-likeness (QED) is 0.525. The van der Waals surface area contributed by atoms with E-state index in [1.54, 1.807) is 6.20 Å². The molecule has 0 atom stereocenters. The minimum absolute atomic E-state index is 0.206. The maximum absolute atomic E-state index is 12.6. The van der Waals surface area contributed by atoms with Gasteiger partial charge in [0.05, 0.1) is 18.4 Å². The van der Waals surface area contributed by atoms with Gasteiger partial charge in [0, 0.05) is 44.0 Å². The maximum atomic E-state index is 12.6. The molecule has 0 bridgehead atoms. The molecule has 0 aliphatic carbocycles. The third kappa shape index (κ3) is 4.65. The third-order valence-electron chi connectivity index (χ3n) is 6.74.